The van der Waals surface area contributed by atoms with E-state index >= 15 is 0 Å². The molecular weight excluding hydrogens is 300 g/mol. The molecule has 0 aromatic heterocycles. The Balaban J connectivity index is 0.000000531. The van der Waals surface area contributed by atoms with E-state index in [1.54, 1.807) is 0 Å². The summed E-state index contributed by atoms with van der Waals surface area (Å²) in [5.41, 5.74) is 9.12. The molecule has 1 nitrogen and oxygen atoms in total. The molecule has 0 heterocycles. The molecule has 15 heavy (non-hydrogen) atoms. The first kappa shape index (κ1) is 12.5. The van der Waals surface area contributed by atoms with Gasteiger partial charge in [-0.2, -0.15) is 0 Å². The van der Waals surface area contributed by atoms with Crippen LogP contribution >= 0.6 is 9.53 Å². The van der Waals surface area contributed by atoms with E-state index in [1.165, 1.54) is 5.57 Å². The molecule has 2 rings (SSSR count). The van der Waals surface area contributed by atoms with Crippen LogP contribution in [-0.4, -0.2) is 0 Å². The third kappa shape index (κ3) is 3.50. The summed E-state index contributed by atoms with van der Waals surface area (Å²) in [5, 5.41) is 0. The van der Waals surface area contributed by atoms with Crippen LogP contribution in [0.25, 0.3) is 5.57 Å². The minimum atomic E-state index is 0.883. The van der Waals surface area contributed by atoms with E-state index in [0.717, 1.165) is 24.1 Å². The molecule has 1 aliphatic rings. The Labute approximate surface area is 105 Å². The van der Waals surface area contributed by atoms with Crippen molar-refractivity contribution in [3.05, 3.63) is 53.7 Å². The Bertz CT molecular complexity index is 357. The number of benzene rings is 1. The van der Waals surface area contributed by atoms with E-state index in [4.69, 9.17) is 5.73 Å². The summed E-state index contributed by atoms with van der Waals surface area (Å²) in [7, 11) is 4.49. The standard InChI is InChI=1S/C12H12N.ClH.Pd/c13-12-9-5-4-8-11(12)10-6-2-1-3-7-10;;/h1-3,5-6,9H,4,8,13H2;1H;/q-1;;+2/p-1. The molecular formula is C12H12ClNPd. The van der Waals surface area contributed by atoms with Gasteiger partial charge in [-0.1, -0.05) is 24.1 Å². The first-order valence-corrected chi connectivity index (χ1v) is 6.62. The van der Waals surface area contributed by atoms with Gasteiger partial charge in [0.25, 0.3) is 0 Å². The number of hydrogen-bond donors (Lipinski definition) is 1. The van der Waals surface area contributed by atoms with Crippen LogP contribution in [0.1, 0.15) is 18.4 Å². The van der Waals surface area contributed by atoms with Crippen LogP contribution in [0.2, 0.25) is 0 Å². The molecule has 3 heteroatoms. The summed E-state index contributed by atoms with van der Waals surface area (Å²) in [6.07, 6.45) is 6.21. The van der Waals surface area contributed by atoms with E-state index in [9.17, 15) is 0 Å². The van der Waals surface area contributed by atoms with Gasteiger partial charge < -0.3 is 5.73 Å². The Morgan fingerprint density at radius 1 is 1.33 bits per heavy atom. The minimum absolute atomic E-state index is 0.883. The van der Waals surface area contributed by atoms with E-state index in [1.807, 2.05) is 24.3 Å². The van der Waals surface area contributed by atoms with Gasteiger partial charge in [0.15, 0.2) is 0 Å². The van der Waals surface area contributed by atoms with Crippen LogP contribution in [0.3, 0.4) is 0 Å². The molecule has 0 fully saturated rings. The average molecular weight is 312 g/mol. The molecule has 0 saturated heterocycles. The molecule has 82 valence electrons. The summed E-state index contributed by atoms with van der Waals surface area (Å²) in [6, 6.07) is 11.2. The molecule has 0 amide bonds. The predicted octanol–water partition coefficient (Wildman–Crippen LogP) is 3.19. The fourth-order valence-corrected chi connectivity index (χ4v) is 1.55. The maximum atomic E-state index is 5.88. The quantitative estimate of drug-likeness (QED) is 0.625. The number of rotatable bonds is 1. The van der Waals surface area contributed by atoms with Gasteiger partial charge in [-0.15, -0.1) is 35.9 Å². The third-order valence-corrected chi connectivity index (χ3v) is 2.24. The Morgan fingerprint density at radius 3 is 2.73 bits per heavy atom. The van der Waals surface area contributed by atoms with Crippen molar-refractivity contribution in [2.24, 2.45) is 5.73 Å². The summed E-state index contributed by atoms with van der Waals surface area (Å²) in [6.45, 7) is 0. The van der Waals surface area contributed by atoms with E-state index in [0.29, 0.717) is 0 Å². The zero-order valence-corrected chi connectivity index (χ0v) is 10.5. The van der Waals surface area contributed by atoms with E-state index < -0.39 is 0 Å². The van der Waals surface area contributed by atoms with E-state index in [2.05, 4.69) is 45.9 Å². The Morgan fingerprint density at radius 2 is 2.13 bits per heavy atom. The number of halogens is 1. The van der Waals surface area contributed by atoms with Gasteiger partial charge in [0.2, 0.25) is 0 Å². The zero-order chi connectivity index (χ0) is 11.1. The molecule has 2 N–H and O–H groups in total. The van der Waals surface area contributed by atoms with Gasteiger partial charge in [0.1, 0.15) is 0 Å². The molecule has 0 spiro atoms. The predicted molar refractivity (Wildman–Crippen MR) is 60.6 cm³/mol. The summed E-state index contributed by atoms with van der Waals surface area (Å²) in [4.78, 5) is 0. The molecule has 1 aromatic carbocycles. The zero-order valence-electron chi connectivity index (χ0n) is 8.15. The van der Waals surface area contributed by atoms with Crippen LogP contribution < -0.4 is 5.73 Å². The molecule has 1 aromatic rings. The van der Waals surface area contributed by atoms with Gasteiger partial charge in [0.05, 0.1) is 0 Å². The second-order valence-electron chi connectivity index (χ2n) is 3.15. The topological polar surface area (TPSA) is 26.0 Å². The SMILES string of the molecule is NC1=C(c2[c-]cccc2)CCC=C1.[Cl][Pd+]. The molecule has 0 unspecified atom stereocenters. The Kier molecular flexibility index (Phi) is 5.72. The maximum absolute atomic E-state index is 5.88. The summed E-state index contributed by atoms with van der Waals surface area (Å²) >= 11 is 2.22. The van der Waals surface area contributed by atoms with Crippen LogP contribution in [0.5, 0.6) is 0 Å². The third-order valence-electron chi connectivity index (χ3n) is 2.24. The van der Waals surface area contributed by atoms with Crippen LogP contribution in [0, 0.1) is 6.07 Å². The van der Waals surface area contributed by atoms with Crippen molar-refractivity contribution in [2.75, 3.05) is 0 Å². The number of hydrogen-bond acceptors (Lipinski definition) is 1. The molecule has 0 radical (unpaired) electrons. The van der Waals surface area contributed by atoms with Gasteiger partial charge >= 0.3 is 27.7 Å². The first-order valence-electron chi connectivity index (χ1n) is 4.62. The van der Waals surface area contributed by atoms with Crippen LogP contribution in [0.4, 0.5) is 0 Å². The van der Waals surface area contributed by atoms with Gasteiger partial charge in [-0.3, -0.25) is 0 Å². The molecule has 0 aliphatic heterocycles. The number of nitrogens with two attached hydrogens (primary N) is 1. The second kappa shape index (κ2) is 6.85. The first-order chi connectivity index (χ1) is 7.38. The Hall–Kier alpha value is -0.548. The fourth-order valence-electron chi connectivity index (χ4n) is 1.55. The molecule has 0 atom stereocenters. The van der Waals surface area contributed by atoms with Crippen molar-refractivity contribution in [1.29, 1.82) is 0 Å². The van der Waals surface area contributed by atoms with Gasteiger partial charge in [-0.25, -0.2) is 0 Å². The van der Waals surface area contributed by atoms with Crippen LogP contribution in [-0.2, 0) is 18.2 Å². The molecule has 1 aliphatic carbocycles. The monoisotopic (exact) mass is 311 g/mol. The van der Waals surface area contributed by atoms with Crippen LogP contribution in [0.15, 0.2) is 42.1 Å². The summed E-state index contributed by atoms with van der Waals surface area (Å²) < 4.78 is 0. The van der Waals surface area contributed by atoms with Crippen molar-refractivity contribution in [3.63, 3.8) is 0 Å². The van der Waals surface area contributed by atoms with Crippen molar-refractivity contribution in [2.45, 2.75) is 12.8 Å². The van der Waals surface area contributed by atoms with Gasteiger partial charge in [-0.05, 0) is 12.1 Å². The van der Waals surface area contributed by atoms with Crippen molar-refractivity contribution in [1.82, 2.24) is 0 Å². The molecule has 0 saturated carbocycles. The number of allylic oxidation sites excluding steroid dienone is 3. The summed E-state index contributed by atoms with van der Waals surface area (Å²) in [5.74, 6) is 0. The van der Waals surface area contributed by atoms with Crippen molar-refractivity contribution >= 4 is 15.1 Å². The molecule has 0 bridgehead atoms. The normalized spacial score (nSPS) is 14.6. The van der Waals surface area contributed by atoms with Crippen molar-refractivity contribution in [3.8, 4) is 0 Å². The van der Waals surface area contributed by atoms with Gasteiger partial charge in [0, 0.05) is 0 Å². The van der Waals surface area contributed by atoms with Crippen molar-refractivity contribution < 1.29 is 18.2 Å². The fraction of sp³-hybridized carbons (Fsp3) is 0.167. The average Bonchev–Trinajstić information content (AvgIpc) is 2.33. The van der Waals surface area contributed by atoms with E-state index in [-0.39, 0.29) is 0 Å². The second-order valence-corrected chi connectivity index (χ2v) is 3.15.